The third kappa shape index (κ3) is 4.14. The van der Waals surface area contributed by atoms with Crippen molar-refractivity contribution in [2.75, 3.05) is 5.32 Å². The third-order valence-electron chi connectivity index (χ3n) is 4.69. The molecule has 4 N–H and O–H groups in total. The van der Waals surface area contributed by atoms with Crippen molar-refractivity contribution in [2.45, 2.75) is 38.3 Å². The molecular weight excluding hydrogens is 375 g/mol. The van der Waals surface area contributed by atoms with Crippen molar-refractivity contribution in [3.05, 3.63) is 41.7 Å². The molecule has 0 aliphatic heterocycles. The van der Waals surface area contributed by atoms with Gasteiger partial charge in [0.1, 0.15) is 29.5 Å². The zero-order valence-electron chi connectivity index (χ0n) is 15.7. The average molecular weight is 394 g/mol. The maximum Gasteiger partial charge on any atom is 0.158 e. The SMILES string of the molecule is Cc1nc(-c2cc(Nc3cnc(C#N)cn3)n[nH]2)c(O[C@@H]2CC[C@H](N)C2)cc1F. The number of pyridine rings is 1. The van der Waals surface area contributed by atoms with Crippen molar-refractivity contribution >= 4 is 11.6 Å². The quantitative estimate of drug-likeness (QED) is 0.600. The van der Waals surface area contributed by atoms with E-state index >= 15 is 0 Å². The second-order valence-electron chi connectivity index (χ2n) is 6.91. The van der Waals surface area contributed by atoms with Crippen LogP contribution in [-0.2, 0) is 0 Å². The predicted octanol–water partition coefficient (Wildman–Crippen LogP) is 2.58. The number of ether oxygens (including phenoxy) is 1. The number of hydrogen-bond acceptors (Lipinski definition) is 8. The second-order valence-corrected chi connectivity index (χ2v) is 6.91. The number of aromatic amines is 1. The van der Waals surface area contributed by atoms with Crippen molar-refractivity contribution in [1.29, 1.82) is 5.26 Å². The molecule has 1 fully saturated rings. The molecule has 1 aliphatic rings. The Bertz CT molecular complexity index is 1060. The summed E-state index contributed by atoms with van der Waals surface area (Å²) < 4.78 is 20.2. The first-order chi connectivity index (χ1) is 14.0. The number of nitriles is 1. The predicted molar refractivity (Wildman–Crippen MR) is 103 cm³/mol. The molecule has 148 valence electrons. The van der Waals surface area contributed by atoms with Gasteiger partial charge in [-0.2, -0.15) is 10.4 Å². The van der Waals surface area contributed by atoms with Gasteiger partial charge in [0.05, 0.1) is 23.8 Å². The summed E-state index contributed by atoms with van der Waals surface area (Å²) in [5, 5.41) is 18.8. The minimum absolute atomic E-state index is 0.0675. The molecule has 0 amide bonds. The Morgan fingerprint density at radius 1 is 1.28 bits per heavy atom. The van der Waals surface area contributed by atoms with Gasteiger partial charge in [0.15, 0.2) is 17.3 Å². The number of H-pyrrole nitrogens is 1. The molecule has 0 aromatic carbocycles. The van der Waals surface area contributed by atoms with Crippen LogP contribution in [-0.4, -0.2) is 37.3 Å². The van der Waals surface area contributed by atoms with E-state index in [4.69, 9.17) is 15.7 Å². The molecule has 0 bridgehead atoms. The van der Waals surface area contributed by atoms with Crippen molar-refractivity contribution in [2.24, 2.45) is 5.73 Å². The van der Waals surface area contributed by atoms with E-state index in [0.29, 0.717) is 28.8 Å². The maximum absolute atomic E-state index is 14.1. The summed E-state index contributed by atoms with van der Waals surface area (Å²) in [5.74, 6) is 0.815. The molecule has 1 saturated carbocycles. The van der Waals surface area contributed by atoms with Gasteiger partial charge in [-0.25, -0.2) is 19.3 Å². The summed E-state index contributed by atoms with van der Waals surface area (Å²) in [7, 11) is 0. The lowest BCUT2D eigenvalue weighted by Crippen LogP contribution is -2.19. The molecule has 4 rings (SSSR count). The fraction of sp³-hybridized carbons (Fsp3) is 0.316. The van der Waals surface area contributed by atoms with Gasteiger partial charge in [0, 0.05) is 18.2 Å². The van der Waals surface area contributed by atoms with Crippen LogP contribution in [0.2, 0.25) is 0 Å². The van der Waals surface area contributed by atoms with Crippen molar-refractivity contribution in [3.8, 4) is 23.2 Å². The van der Waals surface area contributed by atoms with Crippen molar-refractivity contribution in [1.82, 2.24) is 25.1 Å². The molecular formula is C19H19FN8O. The summed E-state index contributed by atoms with van der Waals surface area (Å²) >= 11 is 0. The summed E-state index contributed by atoms with van der Waals surface area (Å²) in [6.45, 7) is 1.59. The number of nitrogens with zero attached hydrogens (tertiary/aromatic N) is 5. The fourth-order valence-corrected chi connectivity index (χ4v) is 3.20. The largest absolute Gasteiger partial charge is 0.488 e. The molecule has 3 aromatic rings. The first-order valence-corrected chi connectivity index (χ1v) is 9.16. The zero-order chi connectivity index (χ0) is 20.4. The van der Waals surface area contributed by atoms with Gasteiger partial charge in [0.25, 0.3) is 0 Å². The summed E-state index contributed by atoms with van der Waals surface area (Å²) in [5.41, 5.74) is 7.47. The molecule has 3 aromatic heterocycles. The number of hydrogen-bond donors (Lipinski definition) is 3. The van der Waals surface area contributed by atoms with Crippen LogP contribution in [0.15, 0.2) is 24.5 Å². The van der Waals surface area contributed by atoms with Crippen LogP contribution >= 0.6 is 0 Å². The first-order valence-electron chi connectivity index (χ1n) is 9.16. The number of anilines is 2. The first kappa shape index (κ1) is 18.8. The minimum atomic E-state index is -0.434. The molecule has 0 radical (unpaired) electrons. The van der Waals surface area contributed by atoms with Crippen LogP contribution in [0.5, 0.6) is 5.75 Å². The van der Waals surface area contributed by atoms with E-state index in [2.05, 4.69) is 30.5 Å². The van der Waals surface area contributed by atoms with Crippen LogP contribution in [0.1, 0.15) is 30.7 Å². The summed E-state index contributed by atoms with van der Waals surface area (Å²) in [4.78, 5) is 12.4. The molecule has 2 atom stereocenters. The monoisotopic (exact) mass is 394 g/mol. The number of nitrogens with two attached hydrogens (primary N) is 1. The smallest absolute Gasteiger partial charge is 0.158 e. The molecule has 29 heavy (non-hydrogen) atoms. The lowest BCUT2D eigenvalue weighted by Gasteiger charge is -2.16. The lowest BCUT2D eigenvalue weighted by molar-refractivity contribution is 0.207. The zero-order valence-corrected chi connectivity index (χ0v) is 15.7. The molecule has 0 saturated heterocycles. The van der Waals surface area contributed by atoms with Gasteiger partial charge in [-0.1, -0.05) is 0 Å². The van der Waals surface area contributed by atoms with E-state index in [-0.39, 0.29) is 23.5 Å². The highest BCUT2D eigenvalue weighted by molar-refractivity contribution is 5.67. The second kappa shape index (κ2) is 7.81. The average Bonchev–Trinajstić information content (AvgIpc) is 3.34. The van der Waals surface area contributed by atoms with Gasteiger partial charge < -0.3 is 15.8 Å². The van der Waals surface area contributed by atoms with Crippen LogP contribution in [0.25, 0.3) is 11.4 Å². The normalized spacial score (nSPS) is 18.4. The highest BCUT2D eigenvalue weighted by atomic mass is 19.1. The molecule has 0 spiro atoms. The molecule has 1 aliphatic carbocycles. The third-order valence-corrected chi connectivity index (χ3v) is 4.69. The number of rotatable bonds is 5. The van der Waals surface area contributed by atoms with Gasteiger partial charge in [-0.05, 0) is 26.2 Å². The Hall–Kier alpha value is -3.58. The number of aryl methyl sites for hydroxylation is 1. The van der Waals surface area contributed by atoms with E-state index in [0.717, 1.165) is 19.3 Å². The molecule has 10 heteroatoms. The van der Waals surface area contributed by atoms with Crippen molar-refractivity contribution < 1.29 is 9.13 Å². The number of nitrogens with one attached hydrogen (secondary N) is 2. The van der Waals surface area contributed by atoms with Crippen LogP contribution in [0.3, 0.4) is 0 Å². The number of halogens is 1. The topological polar surface area (TPSA) is 138 Å². The van der Waals surface area contributed by atoms with Gasteiger partial charge >= 0.3 is 0 Å². The van der Waals surface area contributed by atoms with Crippen molar-refractivity contribution in [3.63, 3.8) is 0 Å². The lowest BCUT2D eigenvalue weighted by atomic mass is 10.2. The minimum Gasteiger partial charge on any atom is -0.488 e. The fourth-order valence-electron chi connectivity index (χ4n) is 3.20. The summed E-state index contributed by atoms with van der Waals surface area (Å²) in [6.07, 6.45) is 5.16. The Morgan fingerprint density at radius 2 is 2.14 bits per heavy atom. The standard InChI is InChI=1S/C19H19FN8O/c1-10-14(20)5-16(29-13-3-2-11(22)4-13)19(25-10)15-6-17(28-27-15)26-18-9-23-12(7-21)8-24-18/h5-6,8-9,11,13H,2-4,22H2,1H3,(H2,24,26,27,28)/t11-,13+/m0/s1. The molecule has 9 nitrogen and oxygen atoms in total. The molecule has 0 unspecified atom stereocenters. The van der Waals surface area contributed by atoms with Gasteiger partial charge in [-0.15, -0.1) is 0 Å². The summed E-state index contributed by atoms with van der Waals surface area (Å²) in [6, 6.07) is 5.07. The number of aromatic nitrogens is 5. The molecule has 3 heterocycles. The van der Waals surface area contributed by atoms with Crippen LogP contribution in [0.4, 0.5) is 16.0 Å². The van der Waals surface area contributed by atoms with E-state index in [1.807, 2.05) is 6.07 Å². The van der Waals surface area contributed by atoms with Gasteiger partial charge in [0.2, 0.25) is 0 Å². The Morgan fingerprint density at radius 3 is 2.83 bits per heavy atom. The van der Waals surface area contributed by atoms with E-state index < -0.39 is 5.82 Å². The van der Waals surface area contributed by atoms with Crippen LogP contribution < -0.4 is 15.8 Å². The Balaban J connectivity index is 1.59. The highest BCUT2D eigenvalue weighted by Crippen LogP contribution is 2.33. The Labute approximate surface area is 166 Å². The van der Waals surface area contributed by atoms with E-state index in [9.17, 15) is 4.39 Å². The van der Waals surface area contributed by atoms with E-state index in [1.54, 1.807) is 13.0 Å². The van der Waals surface area contributed by atoms with E-state index in [1.165, 1.54) is 18.5 Å². The van der Waals surface area contributed by atoms with Gasteiger partial charge in [-0.3, -0.25) is 5.10 Å². The Kier molecular flexibility index (Phi) is 5.05. The highest BCUT2D eigenvalue weighted by Gasteiger charge is 2.25. The maximum atomic E-state index is 14.1. The van der Waals surface area contributed by atoms with Crippen LogP contribution in [0, 0.1) is 24.1 Å².